The quantitative estimate of drug-likeness (QED) is 0.642. The smallest absolute Gasteiger partial charge is 0.292 e. The molecular formula is C13H20BrN3O2. The fourth-order valence-corrected chi connectivity index (χ4v) is 2.16. The molecule has 0 aliphatic heterocycles. The predicted octanol–water partition coefficient (Wildman–Crippen LogP) is 3.36. The number of benzene rings is 1. The average Bonchev–Trinajstić information content (AvgIpc) is 2.26. The Labute approximate surface area is 122 Å². The van der Waals surface area contributed by atoms with E-state index in [0.717, 1.165) is 11.0 Å². The van der Waals surface area contributed by atoms with E-state index in [4.69, 9.17) is 0 Å². The summed E-state index contributed by atoms with van der Waals surface area (Å²) in [6.45, 7) is 5.03. The van der Waals surface area contributed by atoms with Crippen LogP contribution in [0.5, 0.6) is 0 Å². The van der Waals surface area contributed by atoms with Gasteiger partial charge in [0.1, 0.15) is 5.69 Å². The van der Waals surface area contributed by atoms with Crippen molar-refractivity contribution in [2.24, 2.45) is 5.92 Å². The molecule has 0 amide bonds. The van der Waals surface area contributed by atoms with Gasteiger partial charge in [0.05, 0.1) is 4.92 Å². The molecule has 0 aromatic heterocycles. The van der Waals surface area contributed by atoms with Gasteiger partial charge < -0.3 is 10.2 Å². The molecule has 0 aliphatic rings. The van der Waals surface area contributed by atoms with Crippen LogP contribution in [0.2, 0.25) is 0 Å². The molecule has 5 nitrogen and oxygen atoms in total. The first kappa shape index (κ1) is 15.9. The summed E-state index contributed by atoms with van der Waals surface area (Å²) in [5, 5.41) is 14.3. The second-order valence-corrected chi connectivity index (χ2v) is 6.09. The number of hydrogen-bond acceptors (Lipinski definition) is 4. The summed E-state index contributed by atoms with van der Waals surface area (Å²) >= 11 is 3.35. The van der Waals surface area contributed by atoms with Crippen LogP contribution in [-0.2, 0) is 0 Å². The summed E-state index contributed by atoms with van der Waals surface area (Å²) in [7, 11) is 3.98. The van der Waals surface area contributed by atoms with Crippen LogP contribution in [-0.4, -0.2) is 36.5 Å². The molecular weight excluding hydrogens is 310 g/mol. The Morgan fingerprint density at radius 2 is 2.05 bits per heavy atom. The number of hydrogen-bond donors (Lipinski definition) is 1. The van der Waals surface area contributed by atoms with E-state index >= 15 is 0 Å². The fraction of sp³-hybridized carbons (Fsp3) is 0.538. The van der Waals surface area contributed by atoms with E-state index in [-0.39, 0.29) is 16.7 Å². The molecule has 6 heteroatoms. The normalized spacial score (nSPS) is 12.8. The Bertz CT molecular complexity index is 450. The third kappa shape index (κ3) is 4.80. The monoisotopic (exact) mass is 329 g/mol. The van der Waals surface area contributed by atoms with Crippen LogP contribution in [0.3, 0.4) is 0 Å². The number of halogens is 1. The van der Waals surface area contributed by atoms with E-state index in [1.165, 1.54) is 6.07 Å². The topological polar surface area (TPSA) is 58.4 Å². The third-order valence-corrected chi connectivity index (χ3v) is 3.36. The van der Waals surface area contributed by atoms with Crippen LogP contribution in [0.4, 0.5) is 11.4 Å². The molecule has 0 radical (unpaired) electrons. The standard InChI is InChI=1S/C13H20BrN3O2/c1-9(2)12(8-16(3)4)15-11-7-10(14)5-6-13(11)17(18)19/h5-7,9,12,15H,8H2,1-4H3. The summed E-state index contributed by atoms with van der Waals surface area (Å²) in [5.74, 6) is 0.376. The van der Waals surface area contributed by atoms with Gasteiger partial charge in [-0.2, -0.15) is 0 Å². The highest BCUT2D eigenvalue weighted by atomic mass is 79.9. The molecule has 0 saturated carbocycles. The lowest BCUT2D eigenvalue weighted by Gasteiger charge is -2.26. The molecule has 1 unspecified atom stereocenters. The largest absolute Gasteiger partial charge is 0.375 e. The van der Waals surface area contributed by atoms with E-state index in [2.05, 4.69) is 40.0 Å². The van der Waals surface area contributed by atoms with Crippen molar-refractivity contribution in [3.05, 3.63) is 32.8 Å². The van der Waals surface area contributed by atoms with Gasteiger partial charge in [-0.1, -0.05) is 29.8 Å². The zero-order valence-electron chi connectivity index (χ0n) is 11.7. The maximum Gasteiger partial charge on any atom is 0.292 e. The minimum atomic E-state index is -0.359. The highest BCUT2D eigenvalue weighted by Crippen LogP contribution is 2.29. The van der Waals surface area contributed by atoms with Crippen LogP contribution in [0.15, 0.2) is 22.7 Å². The van der Waals surface area contributed by atoms with E-state index in [0.29, 0.717) is 11.6 Å². The molecule has 1 aromatic rings. The highest BCUT2D eigenvalue weighted by molar-refractivity contribution is 9.10. The van der Waals surface area contributed by atoms with E-state index in [1.807, 2.05) is 14.1 Å². The first-order valence-electron chi connectivity index (χ1n) is 6.16. The van der Waals surface area contributed by atoms with Gasteiger partial charge in [0, 0.05) is 23.1 Å². The lowest BCUT2D eigenvalue weighted by atomic mass is 10.0. The number of nitrogens with one attached hydrogen (secondary N) is 1. The summed E-state index contributed by atoms with van der Waals surface area (Å²) in [6.07, 6.45) is 0. The minimum absolute atomic E-state index is 0.104. The molecule has 0 heterocycles. The Morgan fingerprint density at radius 1 is 1.42 bits per heavy atom. The van der Waals surface area contributed by atoms with Gasteiger partial charge in [0.15, 0.2) is 0 Å². The molecule has 0 aliphatic carbocycles. The SMILES string of the molecule is CC(C)C(CN(C)C)Nc1cc(Br)ccc1[N+](=O)[O-]. The maximum atomic E-state index is 11.0. The third-order valence-electron chi connectivity index (χ3n) is 2.86. The molecule has 0 fully saturated rings. The first-order chi connectivity index (χ1) is 8.81. The van der Waals surface area contributed by atoms with Crippen molar-refractivity contribution in [3.63, 3.8) is 0 Å². The number of nitro groups is 1. The van der Waals surface area contributed by atoms with Crippen molar-refractivity contribution in [1.29, 1.82) is 0 Å². The van der Waals surface area contributed by atoms with Gasteiger partial charge in [-0.25, -0.2) is 0 Å². The molecule has 19 heavy (non-hydrogen) atoms. The summed E-state index contributed by atoms with van der Waals surface area (Å²) < 4.78 is 0.827. The molecule has 1 rings (SSSR count). The van der Waals surface area contributed by atoms with Crippen LogP contribution < -0.4 is 5.32 Å². The van der Waals surface area contributed by atoms with Gasteiger partial charge >= 0.3 is 0 Å². The highest BCUT2D eigenvalue weighted by Gasteiger charge is 2.20. The van der Waals surface area contributed by atoms with Gasteiger partial charge in [-0.3, -0.25) is 10.1 Å². The fourth-order valence-electron chi connectivity index (χ4n) is 1.80. The number of likely N-dealkylation sites (N-methyl/N-ethyl adjacent to an activating group) is 1. The van der Waals surface area contributed by atoms with E-state index < -0.39 is 0 Å². The van der Waals surface area contributed by atoms with Crippen LogP contribution >= 0.6 is 15.9 Å². The Balaban J connectivity index is 3.01. The van der Waals surface area contributed by atoms with Crippen LogP contribution in [0.25, 0.3) is 0 Å². The second kappa shape index (κ2) is 6.86. The van der Waals surface area contributed by atoms with Crippen molar-refractivity contribution in [2.45, 2.75) is 19.9 Å². The lowest BCUT2D eigenvalue weighted by Crippen LogP contribution is -2.36. The molecule has 0 spiro atoms. The Hall–Kier alpha value is -1.14. The van der Waals surface area contributed by atoms with Crippen molar-refractivity contribution >= 4 is 27.3 Å². The van der Waals surface area contributed by atoms with E-state index in [1.54, 1.807) is 12.1 Å². The first-order valence-corrected chi connectivity index (χ1v) is 6.95. The zero-order valence-corrected chi connectivity index (χ0v) is 13.3. The minimum Gasteiger partial charge on any atom is -0.375 e. The van der Waals surface area contributed by atoms with Crippen molar-refractivity contribution < 1.29 is 4.92 Å². The summed E-state index contributed by atoms with van der Waals surface area (Å²) in [5.41, 5.74) is 0.660. The van der Waals surface area contributed by atoms with Crippen molar-refractivity contribution in [2.75, 3.05) is 26.0 Å². The molecule has 106 valence electrons. The molecule has 1 aromatic carbocycles. The van der Waals surface area contributed by atoms with Crippen LogP contribution in [0.1, 0.15) is 13.8 Å². The van der Waals surface area contributed by atoms with Gasteiger partial charge in [0.2, 0.25) is 0 Å². The molecule has 1 N–H and O–H groups in total. The van der Waals surface area contributed by atoms with Crippen molar-refractivity contribution in [1.82, 2.24) is 4.90 Å². The van der Waals surface area contributed by atoms with Gasteiger partial charge in [-0.15, -0.1) is 0 Å². The number of nitro benzene ring substituents is 1. The predicted molar refractivity (Wildman–Crippen MR) is 81.6 cm³/mol. The van der Waals surface area contributed by atoms with Gasteiger partial charge in [0.25, 0.3) is 5.69 Å². The van der Waals surface area contributed by atoms with E-state index in [9.17, 15) is 10.1 Å². The summed E-state index contributed by atoms with van der Waals surface area (Å²) in [6, 6.07) is 5.10. The average molecular weight is 330 g/mol. The second-order valence-electron chi connectivity index (χ2n) is 5.18. The summed E-state index contributed by atoms with van der Waals surface area (Å²) in [4.78, 5) is 12.8. The van der Waals surface area contributed by atoms with Gasteiger partial charge in [-0.05, 0) is 32.1 Å². The molecule has 0 saturated heterocycles. The molecule has 1 atom stereocenters. The Morgan fingerprint density at radius 3 is 2.53 bits per heavy atom. The number of anilines is 1. The van der Waals surface area contributed by atoms with Crippen LogP contribution in [0, 0.1) is 16.0 Å². The van der Waals surface area contributed by atoms with Crippen molar-refractivity contribution in [3.8, 4) is 0 Å². The Kier molecular flexibility index (Phi) is 5.75. The maximum absolute atomic E-state index is 11.0. The molecule has 0 bridgehead atoms. The number of rotatable bonds is 6. The number of nitrogens with zero attached hydrogens (tertiary/aromatic N) is 2. The lowest BCUT2D eigenvalue weighted by molar-refractivity contribution is -0.384. The zero-order chi connectivity index (χ0) is 14.6.